The maximum Gasteiger partial charge on any atom is 0.408 e. The van der Waals surface area contributed by atoms with E-state index in [9.17, 15) is 18.0 Å². The molecule has 1 aromatic rings. The minimum atomic E-state index is -4.44. The minimum absolute atomic E-state index is 0.0883. The molecule has 1 aromatic carbocycles. The average Bonchev–Trinajstić information content (AvgIpc) is 2.45. The van der Waals surface area contributed by atoms with Crippen LogP contribution in [-0.2, 0) is 0 Å². The Kier molecular flexibility index (Phi) is 4.41. The molecule has 1 saturated heterocycles. The number of nitrogens with two attached hydrogens (primary N) is 1. The molecule has 1 amide bonds. The van der Waals surface area contributed by atoms with Crippen LogP contribution < -0.4 is 10.5 Å². The number of hydrogen-bond acceptors (Lipinski definition) is 3. The van der Waals surface area contributed by atoms with Crippen LogP contribution in [0.4, 0.5) is 13.2 Å². The molecule has 0 aliphatic carbocycles. The van der Waals surface area contributed by atoms with Crippen molar-refractivity contribution in [2.75, 3.05) is 13.7 Å². The van der Waals surface area contributed by atoms with Crippen LogP contribution >= 0.6 is 0 Å². The van der Waals surface area contributed by atoms with Crippen molar-refractivity contribution < 1.29 is 22.7 Å². The van der Waals surface area contributed by atoms with Crippen LogP contribution in [-0.4, -0.2) is 42.7 Å². The van der Waals surface area contributed by atoms with Crippen LogP contribution in [0.25, 0.3) is 0 Å². The summed E-state index contributed by atoms with van der Waals surface area (Å²) in [7, 11) is 1.47. The Morgan fingerprint density at radius 3 is 2.43 bits per heavy atom. The standard InChI is InChI=1S/C14H17F3N2O2/c1-21-11-5-2-9(3-6-11)13(20)19-8-10(18)4-7-12(19)14(15,16)17/h2-3,5-6,10,12H,4,7-8,18H2,1H3. The van der Waals surface area contributed by atoms with E-state index < -0.39 is 24.2 Å². The second-order valence-corrected chi connectivity index (χ2v) is 5.08. The summed E-state index contributed by atoms with van der Waals surface area (Å²) < 4.78 is 44.1. The number of carbonyl (C=O) groups is 1. The van der Waals surface area contributed by atoms with E-state index in [4.69, 9.17) is 10.5 Å². The number of piperidine rings is 1. The van der Waals surface area contributed by atoms with Crippen LogP contribution in [0, 0.1) is 0 Å². The van der Waals surface area contributed by atoms with E-state index in [1.165, 1.54) is 19.2 Å². The fourth-order valence-electron chi connectivity index (χ4n) is 2.46. The molecule has 0 bridgehead atoms. The van der Waals surface area contributed by atoms with Crippen molar-refractivity contribution in [1.82, 2.24) is 4.90 Å². The fraction of sp³-hybridized carbons (Fsp3) is 0.500. The summed E-state index contributed by atoms with van der Waals surface area (Å²) in [5, 5.41) is 0. The summed E-state index contributed by atoms with van der Waals surface area (Å²) in [6.45, 7) is -0.0883. The van der Waals surface area contributed by atoms with E-state index in [1.807, 2.05) is 0 Å². The molecule has 1 aliphatic rings. The number of alkyl halides is 3. The first-order valence-electron chi connectivity index (χ1n) is 6.60. The molecule has 1 fully saturated rings. The monoisotopic (exact) mass is 302 g/mol. The maximum atomic E-state index is 13.1. The molecule has 2 N–H and O–H groups in total. The number of nitrogens with zero attached hydrogens (tertiary/aromatic N) is 1. The molecule has 0 saturated carbocycles. The Bertz CT molecular complexity index is 502. The van der Waals surface area contributed by atoms with Crippen molar-refractivity contribution in [2.24, 2.45) is 5.73 Å². The smallest absolute Gasteiger partial charge is 0.408 e. The van der Waals surface area contributed by atoms with Gasteiger partial charge in [0.05, 0.1) is 7.11 Å². The highest BCUT2D eigenvalue weighted by Gasteiger charge is 2.47. The topological polar surface area (TPSA) is 55.6 Å². The summed E-state index contributed by atoms with van der Waals surface area (Å²) in [4.78, 5) is 13.2. The number of carbonyl (C=O) groups excluding carboxylic acids is 1. The predicted octanol–water partition coefficient (Wildman–Crippen LogP) is 2.19. The molecule has 1 aliphatic heterocycles. The summed E-state index contributed by atoms with van der Waals surface area (Å²) in [6, 6.07) is 3.79. The molecule has 116 valence electrons. The Balaban J connectivity index is 2.24. The van der Waals surface area contributed by atoms with Crippen molar-refractivity contribution in [3.05, 3.63) is 29.8 Å². The number of methoxy groups -OCH3 is 1. The third-order valence-corrected chi connectivity index (χ3v) is 3.59. The molecule has 1 heterocycles. The number of ether oxygens (including phenoxy) is 1. The molecule has 2 rings (SSSR count). The van der Waals surface area contributed by atoms with Gasteiger partial charge in [0, 0.05) is 18.2 Å². The van der Waals surface area contributed by atoms with E-state index in [2.05, 4.69) is 0 Å². The van der Waals surface area contributed by atoms with E-state index in [0.717, 1.165) is 4.90 Å². The third kappa shape index (κ3) is 3.47. The molecule has 0 radical (unpaired) electrons. The molecule has 21 heavy (non-hydrogen) atoms. The second-order valence-electron chi connectivity index (χ2n) is 5.08. The molecule has 2 atom stereocenters. The Morgan fingerprint density at radius 1 is 1.29 bits per heavy atom. The van der Waals surface area contributed by atoms with Gasteiger partial charge in [-0.05, 0) is 37.1 Å². The van der Waals surface area contributed by atoms with Crippen LogP contribution in [0.1, 0.15) is 23.2 Å². The van der Waals surface area contributed by atoms with Crippen molar-refractivity contribution in [1.29, 1.82) is 0 Å². The molecule has 2 unspecified atom stereocenters. The molecule has 0 aromatic heterocycles. The highest BCUT2D eigenvalue weighted by Crippen LogP contribution is 2.32. The Labute approximate surface area is 120 Å². The lowest BCUT2D eigenvalue weighted by Gasteiger charge is -2.39. The number of hydrogen-bond donors (Lipinski definition) is 1. The van der Waals surface area contributed by atoms with Crippen molar-refractivity contribution in [3.63, 3.8) is 0 Å². The zero-order chi connectivity index (χ0) is 15.6. The minimum Gasteiger partial charge on any atom is -0.497 e. The number of likely N-dealkylation sites (tertiary alicyclic amines) is 1. The van der Waals surface area contributed by atoms with Crippen molar-refractivity contribution >= 4 is 5.91 Å². The Hall–Kier alpha value is -1.76. The van der Waals surface area contributed by atoms with E-state index in [1.54, 1.807) is 12.1 Å². The van der Waals surface area contributed by atoms with Crippen LogP contribution in [0.5, 0.6) is 5.75 Å². The first-order valence-corrected chi connectivity index (χ1v) is 6.60. The molecular formula is C14H17F3N2O2. The largest absolute Gasteiger partial charge is 0.497 e. The summed E-state index contributed by atoms with van der Waals surface area (Å²) >= 11 is 0. The lowest BCUT2D eigenvalue weighted by atomic mass is 9.97. The van der Waals surface area contributed by atoms with E-state index >= 15 is 0 Å². The molecule has 4 nitrogen and oxygen atoms in total. The quantitative estimate of drug-likeness (QED) is 0.911. The lowest BCUT2D eigenvalue weighted by molar-refractivity contribution is -0.184. The van der Waals surface area contributed by atoms with Crippen molar-refractivity contribution in [2.45, 2.75) is 31.1 Å². The summed E-state index contributed by atoms with van der Waals surface area (Å²) in [5.41, 5.74) is 5.90. The number of amides is 1. The van der Waals surface area contributed by atoms with Gasteiger partial charge in [0.15, 0.2) is 0 Å². The van der Waals surface area contributed by atoms with Crippen LogP contribution in [0.2, 0.25) is 0 Å². The predicted molar refractivity (Wildman–Crippen MR) is 71.1 cm³/mol. The SMILES string of the molecule is COc1ccc(C(=O)N2CC(N)CCC2C(F)(F)F)cc1. The third-order valence-electron chi connectivity index (χ3n) is 3.59. The van der Waals surface area contributed by atoms with E-state index in [0.29, 0.717) is 5.75 Å². The van der Waals surface area contributed by atoms with Gasteiger partial charge in [-0.2, -0.15) is 13.2 Å². The number of halogens is 3. The van der Waals surface area contributed by atoms with Gasteiger partial charge in [0.2, 0.25) is 0 Å². The van der Waals surface area contributed by atoms with Gasteiger partial charge in [0.1, 0.15) is 11.8 Å². The maximum absolute atomic E-state index is 13.1. The van der Waals surface area contributed by atoms with Crippen LogP contribution in [0.3, 0.4) is 0 Å². The van der Waals surface area contributed by atoms with Crippen molar-refractivity contribution in [3.8, 4) is 5.75 Å². The van der Waals surface area contributed by atoms with Crippen LogP contribution in [0.15, 0.2) is 24.3 Å². The van der Waals surface area contributed by atoms with Gasteiger partial charge in [0.25, 0.3) is 5.91 Å². The highest BCUT2D eigenvalue weighted by atomic mass is 19.4. The van der Waals surface area contributed by atoms with Gasteiger partial charge < -0.3 is 15.4 Å². The first kappa shape index (κ1) is 15.6. The molecule has 0 spiro atoms. The zero-order valence-corrected chi connectivity index (χ0v) is 11.6. The number of rotatable bonds is 2. The molecule has 7 heteroatoms. The normalized spacial score (nSPS) is 23.0. The lowest BCUT2D eigenvalue weighted by Crippen LogP contribution is -2.56. The van der Waals surface area contributed by atoms with Gasteiger partial charge in [-0.3, -0.25) is 4.79 Å². The zero-order valence-electron chi connectivity index (χ0n) is 11.6. The summed E-state index contributed by atoms with van der Waals surface area (Å²) in [5.74, 6) is -0.121. The van der Waals surface area contributed by atoms with E-state index in [-0.39, 0.29) is 24.9 Å². The summed E-state index contributed by atoms with van der Waals surface area (Å²) in [6.07, 6.45) is -4.34. The van der Waals surface area contributed by atoms with Gasteiger partial charge in [-0.15, -0.1) is 0 Å². The fourth-order valence-corrected chi connectivity index (χ4v) is 2.46. The average molecular weight is 302 g/mol. The number of benzene rings is 1. The van der Waals surface area contributed by atoms with Gasteiger partial charge >= 0.3 is 6.18 Å². The van der Waals surface area contributed by atoms with Gasteiger partial charge in [-0.1, -0.05) is 0 Å². The first-order chi connectivity index (χ1) is 9.82. The second kappa shape index (κ2) is 5.93. The van der Waals surface area contributed by atoms with Gasteiger partial charge in [-0.25, -0.2) is 0 Å². The Morgan fingerprint density at radius 2 is 1.90 bits per heavy atom. The highest BCUT2D eigenvalue weighted by molar-refractivity contribution is 5.94. The molecular weight excluding hydrogens is 285 g/mol.